The van der Waals surface area contributed by atoms with Crippen LogP contribution in [-0.2, 0) is 45.7 Å². The second kappa shape index (κ2) is 18.8. The van der Waals surface area contributed by atoms with E-state index in [9.17, 15) is 0 Å². The molecule has 0 aromatic heterocycles. The van der Waals surface area contributed by atoms with Crippen molar-refractivity contribution in [2.75, 3.05) is 7.11 Å². The summed E-state index contributed by atoms with van der Waals surface area (Å²) >= 11 is -3.70. The van der Waals surface area contributed by atoms with E-state index < -0.39 is 41.4 Å². The van der Waals surface area contributed by atoms with Crippen molar-refractivity contribution >= 4 is 11.9 Å². The Hall–Kier alpha value is -5.59. The molecule has 0 amide bonds. The first kappa shape index (κ1) is 41.2. The van der Waals surface area contributed by atoms with Crippen LogP contribution in [-0.4, -0.2) is 19.0 Å². The first-order valence-corrected chi connectivity index (χ1v) is 23.3. The Morgan fingerprint density at radius 1 is 0.467 bits per heavy atom. The standard InChI is InChI=1S/2C20H16O2.C13H17.CH3O.Ti/c2*21-19(22)20(16-10-4-1-5-11-16,17-12-6-2-7-13-17)18-14-8-3-9-15-18;1-3-7-12-10(5-1)9-11-6-2-4-8-13(11)12;1-2;/h2*1-15H,(H,21,22);5H,1-4,6-9H2;1H3;/q;;;-1;+3/p-2. The van der Waals surface area contributed by atoms with Crippen molar-refractivity contribution in [2.24, 2.45) is 0 Å². The Labute approximate surface area is 361 Å². The number of fused-ring (bicyclic) bond motifs is 1. The van der Waals surface area contributed by atoms with Crippen LogP contribution in [0.5, 0.6) is 0 Å². The summed E-state index contributed by atoms with van der Waals surface area (Å²) in [5.74, 6) is -0.820. The Kier molecular flexibility index (Phi) is 12.9. The van der Waals surface area contributed by atoms with Crippen molar-refractivity contribution in [1.82, 2.24) is 0 Å². The number of hydrogen-bond acceptors (Lipinski definition) is 5. The molecular formula is C54H50O5Ti. The van der Waals surface area contributed by atoms with E-state index in [1.54, 1.807) is 0 Å². The molecule has 0 saturated carbocycles. The van der Waals surface area contributed by atoms with Gasteiger partial charge in [0.1, 0.15) is 0 Å². The van der Waals surface area contributed by atoms with Gasteiger partial charge in [0.15, 0.2) is 0 Å². The van der Waals surface area contributed by atoms with E-state index >= 15 is 9.59 Å². The van der Waals surface area contributed by atoms with E-state index in [1.807, 2.05) is 182 Å². The summed E-state index contributed by atoms with van der Waals surface area (Å²) in [4.78, 5) is 31.8. The number of carbonyl (C=O) groups is 2. The minimum absolute atomic E-state index is 0.137. The van der Waals surface area contributed by atoms with Gasteiger partial charge in [-0.15, -0.1) is 0 Å². The molecular weight excluding hydrogens is 776 g/mol. The van der Waals surface area contributed by atoms with Gasteiger partial charge in [-0.05, 0) is 0 Å². The average molecular weight is 827 g/mol. The summed E-state index contributed by atoms with van der Waals surface area (Å²) in [6.45, 7) is 0. The van der Waals surface area contributed by atoms with Gasteiger partial charge in [0.2, 0.25) is 0 Å². The second-order valence-electron chi connectivity index (χ2n) is 15.7. The molecule has 6 aromatic carbocycles. The zero-order valence-electron chi connectivity index (χ0n) is 34.1. The molecule has 60 heavy (non-hydrogen) atoms. The van der Waals surface area contributed by atoms with Crippen LogP contribution in [0.2, 0.25) is 4.22 Å². The van der Waals surface area contributed by atoms with Crippen molar-refractivity contribution < 1.29 is 40.0 Å². The maximum atomic E-state index is 15.9. The van der Waals surface area contributed by atoms with Crippen LogP contribution < -0.4 is 5.11 Å². The van der Waals surface area contributed by atoms with E-state index in [2.05, 4.69) is 0 Å². The molecule has 0 heterocycles. The molecule has 9 rings (SSSR count). The van der Waals surface area contributed by atoms with Crippen molar-refractivity contribution in [3.05, 3.63) is 238 Å². The molecule has 1 atom stereocenters. The summed E-state index contributed by atoms with van der Waals surface area (Å²) in [5, 5.41) is 8.25. The summed E-state index contributed by atoms with van der Waals surface area (Å²) in [5.41, 5.74) is 8.04. The molecule has 0 aliphatic heterocycles. The van der Waals surface area contributed by atoms with E-state index in [1.165, 1.54) is 35.1 Å². The molecule has 5 nitrogen and oxygen atoms in total. The van der Waals surface area contributed by atoms with Crippen LogP contribution >= 0.6 is 0 Å². The van der Waals surface area contributed by atoms with Gasteiger partial charge >= 0.3 is 351 Å². The fourth-order valence-corrected chi connectivity index (χ4v) is 13.1. The Morgan fingerprint density at radius 3 is 1.13 bits per heavy atom. The fourth-order valence-electron chi connectivity index (χ4n) is 9.95. The molecule has 0 spiro atoms. The van der Waals surface area contributed by atoms with Crippen molar-refractivity contribution in [3.63, 3.8) is 0 Å². The molecule has 300 valence electrons. The predicted molar refractivity (Wildman–Crippen MR) is 231 cm³/mol. The van der Waals surface area contributed by atoms with E-state index in [0.717, 1.165) is 79.0 Å². The zero-order chi connectivity index (χ0) is 41.4. The van der Waals surface area contributed by atoms with Crippen molar-refractivity contribution in [2.45, 2.75) is 66.4 Å². The number of rotatable bonds is 11. The molecule has 3 aliphatic carbocycles. The minimum atomic E-state index is -3.70. The van der Waals surface area contributed by atoms with Crippen LogP contribution in [0, 0.1) is 0 Å². The van der Waals surface area contributed by atoms with Crippen molar-refractivity contribution in [1.29, 1.82) is 0 Å². The van der Waals surface area contributed by atoms with E-state index in [4.69, 9.17) is 11.7 Å². The Balaban J connectivity index is 0.00000246. The molecule has 1 unspecified atom stereocenters. The molecule has 6 heteroatoms. The maximum absolute atomic E-state index is 15.9. The van der Waals surface area contributed by atoms with Gasteiger partial charge in [-0.1, -0.05) is 0 Å². The second-order valence-corrected chi connectivity index (χ2v) is 18.4. The topological polar surface area (TPSA) is 75.7 Å². The first-order chi connectivity index (χ1) is 29.6. The molecule has 3 aliphatic rings. The van der Waals surface area contributed by atoms with E-state index in [0.29, 0.717) is 0 Å². The third-order valence-corrected chi connectivity index (χ3v) is 15.7. The SMILES string of the molecule is C[O-].O=C([O][Ti+]([O]C(=O)C(c1ccccc1)(c1ccccc1)c1ccccc1)[CH]1CCCC2=C1CC1=C2CCCC1)C(c1ccccc1)(c1ccccc1)c1ccccc1. The zero-order valence-corrected chi connectivity index (χ0v) is 35.7. The van der Waals surface area contributed by atoms with Gasteiger partial charge in [-0.3, -0.25) is 0 Å². The molecule has 0 N–H and O–H groups in total. The van der Waals surface area contributed by atoms with Gasteiger partial charge in [0.05, 0.1) is 0 Å². The van der Waals surface area contributed by atoms with Crippen LogP contribution in [0.15, 0.2) is 204 Å². The molecule has 0 bridgehead atoms. The summed E-state index contributed by atoms with van der Waals surface area (Å²) < 4.78 is 14.2. The Morgan fingerprint density at radius 2 is 0.783 bits per heavy atom. The first-order valence-electron chi connectivity index (χ1n) is 21.1. The van der Waals surface area contributed by atoms with Crippen LogP contribution in [0.3, 0.4) is 0 Å². The van der Waals surface area contributed by atoms with Crippen molar-refractivity contribution in [3.8, 4) is 0 Å². The number of hydrogen-bond donors (Lipinski definition) is 0. The number of benzene rings is 6. The van der Waals surface area contributed by atoms with Gasteiger partial charge in [0.25, 0.3) is 0 Å². The fraction of sp³-hybridized carbons (Fsp3) is 0.222. The van der Waals surface area contributed by atoms with Gasteiger partial charge < -0.3 is 5.11 Å². The van der Waals surface area contributed by atoms with Crippen LogP contribution in [0.4, 0.5) is 0 Å². The summed E-state index contributed by atoms with van der Waals surface area (Å²) in [6.07, 6.45) is 8.34. The Bertz CT molecular complexity index is 2100. The normalized spacial score (nSPS) is 16.1. The summed E-state index contributed by atoms with van der Waals surface area (Å²) in [6, 6.07) is 59.6. The number of carbonyl (C=O) groups excluding carboxylic acids is 2. The average Bonchev–Trinajstić information content (AvgIpc) is 3.71. The number of allylic oxidation sites excluding steroid dienone is 4. The van der Waals surface area contributed by atoms with Crippen LogP contribution in [0.1, 0.15) is 84.7 Å². The third kappa shape index (κ3) is 7.56. The predicted octanol–water partition coefficient (Wildman–Crippen LogP) is 11.1. The van der Waals surface area contributed by atoms with Gasteiger partial charge in [0, 0.05) is 0 Å². The molecule has 6 aromatic rings. The van der Waals surface area contributed by atoms with Crippen LogP contribution in [0.25, 0.3) is 0 Å². The molecule has 0 saturated heterocycles. The van der Waals surface area contributed by atoms with Gasteiger partial charge in [-0.25, -0.2) is 0 Å². The van der Waals surface area contributed by atoms with E-state index in [-0.39, 0.29) is 4.22 Å². The molecule has 0 fully saturated rings. The quantitative estimate of drug-likeness (QED) is 0.0961. The third-order valence-electron chi connectivity index (χ3n) is 12.6. The van der Waals surface area contributed by atoms with Gasteiger partial charge in [-0.2, -0.15) is 7.11 Å². The monoisotopic (exact) mass is 826 g/mol. The summed E-state index contributed by atoms with van der Waals surface area (Å²) in [7, 11) is 0.750. The molecule has 0 radical (unpaired) electrons.